The minimum atomic E-state index is -0.548. The lowest BCUT2D eigenvalue weighted by Crippen LogP contribution is -2.54. The van der Waals surface area contributed by atoms with Crippen LogP contribution in [0.15, 0.2) is 35.5 Å². The van der Waals surface area contributed by atoms with Crippen LogP contribution in [0.1, 0.15) is 85.6 Å². The number of carbonyl (C=O) groups excluding carboxylic acids is 2. The Kier molecular flexibility index (Phi) is 12.2. The maximum atomic E-state index is 12.5. The van der Waals surface area contributed by atoms with E-state index >= 15 is 0 Å². The number of alkyl carbamates (subject to hydrolysis) is 1. The van der Waals surface area contributed by atoms with Gasteiger partial charge in [-0.2, -0.15) is 5.10 Å². The van der Waals surface area contributed by atoms with E-state index in [0.717, 1.165) is 54.3 Å². The highest BCUT2D eigenvalue weighted by molar-refractivity contribution is 7.99. The van der Waals surface area contributed by atoms with E-state index in [1.807, 2.05) is 49.7 Å². The molecule has 0 bridgehead atoms. The number of nitrogens with one attached hydrogen (secondary N) is 1. The minimum absolute atomic E-state index is 0.185. The number of aromatic nitrogens is 4. The zero-order valence-corrected chi connectivity index (χ0v) is 29.2. The molecule has 0 radical (unpaired) electrons. The van der Waals surface area contributed by atoms with E-state index in [0.29, 0.717) is 55.5 Å². The van der Waals surface area contributed by atoms with Crippen LogP contribution in [0, 0.1) is 5.92 Å². The van der Waals surface area contributed by atoms with Crippen molar-refractivity contribution in [2.24, 2.45) is 5.92 Å². The second-order valence-corrected chi connectivity index (χ2v) is 14.3. The van der Waals surface area contributed by atoms with Gasteiger partial charge < -0.3 is 24.4 Å². The van der Waals surface area contributed by atoms with Gasteiger partial charge in [0.05, 0.1) is 32.9 Å². The molecule has 0 spiro atoms. The fraction of sp³-hybridized carbons (Fsp3) is 0.618. The van der Waals surface area contributed by atoms with Crippen molar-refractivity contribution in [3.8, 4) is 5.75 Å². The van der Waals surface area contributed by atoms with Crippen molar-refractivity contribution in [3.05, 3.63) is 36.0 Å². The number of piperidine rings is 1. The molecule has 11 nitrogen and oxygen atoms in total. The largest absolute Gasteiger partial charge is 0.497 e. The molecule has 2 aromatic heterocycles. The fourth-order valence-corrected chi connectivity index (χ4v) is 6.30. The summed E-state index contributed by atoms with van der Waals surface area (Å²) < 4.78 is 18.3. The maximum Gasteiger partial charge on any atom is 0.408 e. The van der Waals surface area contributed by atoms with Crippen molar-refractivity contribution in [2.45, 2.75) is 103 Å². The number of esters is 1. The summed E-state index contributed by atoms with van der Waals surface area (Å²) >= 11 is 1.50. The first-order valence-electron chi connectivity index (χ1n) is 16.3. The van der Waals surface area contributed by atoms with Gasteiger partial charge in [0.2, 0.25) is 0 Å². The lowest BCUT2D eigenvalue weighted by atomic mass is 9.90. The minimum Gasteiger partial charge on any atom is -0.497 e. The van der Waals surface area contributed by atoms with Crippen LogP contribution in [0.5, 0.6) is 5.75 Å². The molecule has 0 aliphatic carbocycles. The van der Waals surface area contributed by atoms with Crippen molar-refractivity contribution in [3.63, 3.8) is 0 Å². The molecule has 1 aromatic carbocycles. The number of rotatable bonds is 14. The lowest BCUT2D eigenvalue weighted by molar-refractivity contribution is -0.144. The highest BCUT2D eigenvalue weighted by Crippen LogP contribution is 2.30. The Morgan fingerprint density at radius 1 is 1.13 bits per heavy atom. The molecule has 1 aliphatic rings. The number of hydrogen-bond acceptors (Lipinski definition) is 10. The maximum absolute atomic E-state index is 12.5. The fourth-order valence-electron chi connectivity index (χ4n) is 5.40. The van der Waals surface area contributed by atoms with E-state index in [1.54, 1.807) is 13.3 Å². The molecule has 1 fully saturated rings. The lowest BCUT2D eigenvalue weighted by Gasteiger charge is -2.40. The molecule has 0 saturated carbocycles. The number of ether oxygens (including phenoxy) is 3. The number of hydrogen-bond donors (Lipinski definition) is 1. The van der Waals surface area contributed by atoms with Gasteiger partial charge in [0.25, 0.3) is 0 Å². The molecular formula is C34H50N6O5S. The number of anilines is 1. The third-order valence-electron chi connectivity index (χ3n) is 8.18. The molecule has 3 aromatic rings. The quantitative estimate of drug-likeness (QED) is 0.150. The molecule has 1 unspecified atom stereocenters. The molecule has 4 rings (SSSR count). The van der Waals surface area contributed by atoms with Crippen molar-refractivity contribution in [1.82, 2.24) is 25.1 Å². The van der Waals surface area contributed by atoms with Crippen LogP contribution in [0.25, 0.3) is 11.2 Å². The average Bonchev–Trinajstić information content (AvgIpc) is 3.34. The number of methoxy groups -OCH3 is 1. The number of carbonyl (C=O) groups is 2. The second kappa shape index (κ2) is 15.8. The summed E-state index contributed by atoms with van der Waals surface area (Å²) in [7, 11) is 1.65. The Morgan fingerprint density at radius 3 is 2.48 bits per heavy atom. The van der Waals surface area contributed by atoms with Gasteiger partial charge in [-0.15, -0.1) is 11.8 Å². The highest BCUT2D eigenvalue weighted by atomic mass is 32.2. The Bertz CT molecular complexity index is 1450. The summed E-state index contributed by atoms with van der Waals surface area (Å²) in [4.78, 5) is 37.0. The first kappa shape index (κ1) is 35.3. The van der Waals surface area contributed by atoms with Crippen LogP contribution in [-0.4, -0.2) is 75.5 Å². The van der Waals surface area contributed by atoms with E-state index < -0.39 is 11.7 Å². The Morgan fingerprint density at radius 2 is 1.85 bits per heavy atom. The van der Waals surface area contributed by atoms with Crippen molar-refractivity contribution in [1.29, 1.82) is 0 Å². The van der Waals surface area contributed by atoms with Crippen LogP contribution in [0.3, 0.4) is 0 Å². The Hall–Kier alpha value is -3.54. The van der Waals surface area contributed by atoms with Crippen LogP contribution in [0.4, 0.5) is 10.6 Å². The van der Waals surface area contributed by atoms with Crippen LogP contribution in [0.2, 0.25) is 0 Å². The SMILES string of the molecule is CCCC(CC)COC(=O)CCSc1nn(Cc2ccc(OC)cc2)c2nc(N3CCC(C)(NC(=O)OC(C)(C)C)CC3)cnc12. The molecule has 3 heterocycles. The standard InChI is InChI=1S/C34H50N6O5S/c1-8-10-24(9-2)23-44-28(41)15-20-46-31-29-30(40(38-31)22-25-11-13-26(43-7)14-12-25)36-27(21-35-29)39-18-16-34(6,17-19-39)37-32(42)45-33(3,4)5/h11-14,21,24H,8-10,15-20,22-23H2,1-7H3,(H,37,42). The first-order valence-corrected chi connectivity index (χ1v) is 17.3. The molecule has 1 aliphatic heterocycles. The number of amides is 1. The predicted octanol–water partition coefficient (Wildman–Crippen LogP) is 6.62. The van der Waals surface area contributed by atoms with E-state index in [9.17, 15) is 9.59 Å². The first-order chi connectivity index (χ1) is 21.9. The van der Waals surface area contributed by atoms with Gasteiger partial charge in [0.15, 0.2) is 5.65 Å². The average molecular weight is 655 g/mol. The van der Waals surface area contributed by atoms with Gasteiger partial charge in [-0.3, -0.25) is 4.79 Å². The molecule has 252 valence electrons. The smallest absolute Gasteiger partial charge is 0.408 e. The summed E-state index contributed by atoms with van der Waals surface area (Å²) in [6.07, 6.45) is 6.34. The number of benzene rings is 1. The summed E-state index contributed by atoms with van der Waals surface area (Å²) in [6.45, 7) is 14.3. The summed E-state index contributed by atoms with van der Waals surface area (Å²) in [5.74, 6) is 2.32. The topological polar surface area (TPSA) is 121 Å². The Balaban J connectivity index is 1.47. The Labute approximate surface area is 277 Å². The third kappa shape index (κ3) is 9.98. The number of nitrogens with zero attached hydrogens (tertiary/aromatic N) is 5. The number of thioether (sulfide) groups is 1. The molecular weight excluding hydrogens is 604 g/mol. The summed E-state index contributed by atoms with van der Waals surface area (Å²) in [5, 5.41) is 8.70. The van der Waals surface area contributed by atoms with Gasteiger partial charge in [-0.05, 0) is 70.6 Å². The zero-order valence-electron chi connectivity index (χ0n) is 28.4. The molecule has 1 atom stereocenters. The normalized spacial score (nSPS) is 15.4. The molecule has 1 N–H and O–H groups in total. The molecule has 46 heavy (non-hydrogen) atoms. The zero-order chi connectivity index (χ0) is 33.3. The van der Waals surface area contributed by atoms with Gasteiger partial charge in [-0.25, -0.2) is 19.4 Å². The molecule has 1 amide bonds. The molecule has 12 heteroatoms. The van der Waals surface area contributed by atoms with Crippen LogP contribution >= 0.6 is 11.8 Å². The summed E-state index contributed by atoms with van der Waals surface area (Å²) in [5.41, 5.74) is 1.53. The summed E-state index contributed by atoms with van der Waals surface area (Å²) in [6, 6.07) is 7.88. The van der Waals surface area contributed by atoms with E-state index in [2.05, 4.69) is 31.0 Å². The number of fused-ring (bicyclic) bond motifs is 1. The monoisotopic (exact) mass is 654 g/mol. The van der Waals surface area contributed by atoms with Crippen molar-refractivity contribution >= 4 is 40.8 Å². The van der Waals surface area contributed by atoms with Gasteiger partial charge in [0.1, 0.15) is 27.7 Å². The van der Waals surface area contributed by atoms with Crippen LogP contribution in [-0.2, 0) is 20.8 Å². The van der Waals surface area contributed by atoms with Gasteiger partial charge >= 0.3 is 12.1 Å². The van der Waals surface area contributed by atoms with E-state index in [4.69, 9.17) is 29.3 Å². The van der Waals surface area contributed by atoms with Crippen molar-refractivity contribution < 1.29 is 23.8 Å². The van der Waals surface area contributed by atoms with Gasteiger partial charge in [0, 0.05) is 24.4 Å². The third-order valence-corrected chi connectivity index (χ3v) is 9.14. The van der Waals surface area contributed by atoms with Crippen LogP contribution < -0.4 is 15.0 Å². The highest BCUT2D eigenvalue weighted by Gasteiger charge is 2.34. The van der Waals surface area contributed by atoms with Crippen molar-refractivity contribution in [2.75, 3.05) is 37.5 Å². The second-order valence-electron chi connectivity index (χ2n) is 13.2. The predicted molar refractivity (Wildman–Crippen MR) is 182 cm³/mol. The van der Waals surface area contributed by atoms with E-state index in [1.165, 1.54) is 11.8 Å². The molecule has 1 saturated heterocycles. The van der Waals surface area contributed by atoms with Gasteiger partial charge in [-0.1, -0.05) is 38.8 Å². The van der Waals surface area contributed by atoms with E-state index in [-0.39, 0.29) is 11.5 Å².